The highest BCUT2D eigenvalue weighted by molar-refractivity contribution is 7.99. The smallest absolute Gasteiger partial charge is 0.240 e. The van der Waals surface area contributed by atoms with E-state index in [0.717, 1.165) is 38.0 Å². The molecule has 5 heteroatoms. The lowest BCUT2D eigenvalue weighted by Gasteiger charge is -2.32. The van der Waals surface area contributed by atoms with Gasteiger partial charge in [-0.3, -0.25) is 4.79 Å². The van der Waals surface area contributed by atoms with E-state index in [9.17, 15) is 4.79 Å². The van der Waals surface area contributed by atoms with Crippen LogP contribution in [-0.2, 0) is 4.79 Å². The molecular formula is C16H23ClN2OS. The van der Waals surface area contributed by atoms with Crippen LogP contribution >= 0.6 is 24.2 Å². The van der Waals surface area contributed by atoms with Crippen molar-refractivity contribution in [3.63, 3.8) is 0 Å². The zero-order valence-electron chi connectivity index (χ0n) is 12.4. The number of carbonyl (C=O) groups is 1. The zero-order valence-corrected chi connectivity index (χ0v) is 14.0. The van der Waals surface area contributed by atoms with Crippen molar-refractivity contribution in [2.75, 3.05) is 12.3 Å². The first kappa shape index (κ1) is 16.7. The first-order valence-corrected chi connectivity index (χ1v) is 8.51. The van der Waals surface area contributed by atoms with Gasteiger partial charge in [0.15, 0.2) is 0 Å². The Morgan fingerprint density at radius 3 is 3.00 bits per heavy atom. The molecule has 3 nitrogen and oxygen atoms in total. The maximum Gasteiger partial charge on any atom is 0.240 e. The van der Waals surface area contributed by atoms with Crippen molar-refractivity contribution >= 4 is 30.1 Å². The van der Waals surface area contributed by atoms with E-state index in [4.69, 9.17) is 0 Å². The number of benzene rings is 1. The molecule has 0 bridgehead atoms. The van der Waals surface area contributed by atoms with Crippen molar-refractivity contribution in [2.24, 2.45) is 0 Å². The fraction of sp³-hybridized carbons (Fsp3) is 0.562. The maximum absolute atomic E-state index is 12.7. The van der Waals surface area contributed by atoms with Gasteiger partial charge in [-0.2, -0.15) is 0 Å². The number of halogens is 1. The summed E-state index contributed by atoms with van der Waals surface area (Å²) in [7, 11) is 0. The van der Waals surface area contributed by atoms with Gasteiger partial charge in [-0.05, 0) is 43.9 Å². The molecular weight excluding hydrogens is 304 g/mol. The lowest BCUT2D eigenvalue weighted by molar-refractivity contribution is -0.128. The number of nitrogens with one attached hydrogen (secondary N) is 2. The Balaban J connectivity index is 0.00000161. The van der Waals surface area contributed by atoms with E-state index in [1.807, 2.05) is 11.8 Å². The van der Waals surface area contributed by atoms with Crippen molar-refractivity contribution in [3.05, 3.63) is 29.8 Å². The van der Waals surface area contributed by atoms with E-state index in [1.165, 1.54) is 10.5 Å². The second-order valence-electron chi connectivity index (χ2n) is 5.67. The summed E-state index contributed by atoms with van der Waals surface area (Å²) in [5, 5.41) is 6.71. The van der Waals surface area contributed by atoms with Crippen LogP contribution in [0.4, 0.5) is 0 Å². The Labute approximate surface area is 137 Å². The van der Waals surface area contributed by atoms with Crippen LogP contribution in [0.25, 0.3) is 0 Å². The molecule has 2 atom stereocenters. The molecule has 2 unspecified atom stereocenters. The molecule has 0 spiro atoms. The third-order valence-electron chi connectivity index (χ3n) is 4.55. The summed E-state index contributed by atoms with van der Waals surface area (Å²) < 4.78 is 0. The van der Waals surface area contributed by atoms with Gasteiger partial charge in [0.25, 0.3) is 0 Å². The van der Waals surface area contributed by atoms with Crippen LogP contribution in [0.5, 0.6) is 0 Å². The van der Waals surface area contributed by atoms with Crippen LogP contribution in [0, 0.1) is 0 Å². The molecule has 0 saturated carbocycles. The largest absolute Gasteiger partial charge is 0.348 e. The lowest BCUT2D eigenvalue weighted by atomic mass is 9.92. The average molecular weight is 327 g/mol. The first-order valence-electron chi connectivity index (χ1n) is 7.53. The van der Waals surface area contributed by atoms with Gasteiger partial charge in [0.05, 0.1) is 11.6 Å². The first-order chi connectivity index (χ1) is 9.75. The molecule has 2 heterocycles. The molecule has 1 aromatic carbocycles. The Bertz CT molecular complexity index is 503. The van der Waals surface area contributed by atoms with Gasteiger partial charge < -0.3 is 10.6 Å². The van der Waals surface area contributed by atoms with Crippen molar-refractivity contribution in [1.82, 2.24) is 10.6 Å². The minimum atomic E-state index is -0.334. The normalized spacial score (nSPS) is 27.6. The fourth-order valence-corrected chi connectivity index (χ4v) is 4.38. The number of rotatable bonds is 3. The number of carbonyl (C=O) groups excluding carboxylic acids is 1. The quantitative estimate of drug-likeness (QED) is 0.895. The predicted octanol–water partition coefficient (Wildman–Crippen LogP) is 3.29. The standard InChI is InChI=1S/C16H22N2OS.ClH/c1-2-16(9-5-10-17-16)15(19)18-13-8-11-20-14-7-4-3-6-12(13)14;/h3-4,6-7,13,17H,2,5,8-11H2,1H3,(H,18,19);1H. The topological polar surface area (TPSA) is 41.1 Å². The zero-order chi connectivity index (χ0) is 14.0. The van der Waals surface area contributed by atoms with Crippen LogP contribution in [0.15, 0.2) is 29.2 Å². The van der Waals surface area contributed by atoms with Crippen LogP contribution in [-0.4, -0.2) is 23.7 Å². The summed E-state index contributed by atoms with van der Waals surface area (Å²) in [4.78, 5) is 14.0. The van der Waals surface area contributed by atoms with Crippen LogP contribution in [0.2, 0.25) is 0 Å². The minimum Gasteiger partial charge on any atom is -0.348 e. The number of hydrogen-bond donors (Lipinski definition) is 2. The van der Waals surface area contributed by atoms with Crippen molar-refractivity contribution in [1.29, 1.82) is 0 Å². The predicted molar refractivity (Wildman–Crippen MR) is 90.2 cm³/mol. The highest BCUT2D eigenvalue weighted by atomic mass is 35.5. The van der Waals surface area contributed by atoms with E-state index >= 15 is 0 Å². The molecule has 2 aliphatic heterocycles. The third kappa shape index (κ3) is 3.22. The monoisotopic (exact) mass is 326 g/mol. The third-order valence-corrected chi connectivity index (χ3v) is 5.67. The van der Waals surface area contributed by atoms with Gasteiger partial charge in [0.1, 0.15) is 0 Å². The second kappa shape index (κ2) is 7.03. The van der Waals surface area contributed by atoms with Gasteiger partial charge in [0.2, 0.25) is 5.91 Å². The van der Waals surface area contributed by atoms with E-state index in [2.05, 4.69) is 41.8 Å². The van der Waals surface area contributed by atoms with Crippen LogP contribution in [0.1, 0.15) is 44.2 Å². The Morgan fingerprint density at radius 2 is 2.29 bits per heavy atom. The molecule has 0 radical (unpaired) electrons. The summed E-state index contributed by atoms with van der Waals surface area (Å²) in [5.74, 6) is 1.26. The van der Waals surface area contributed by atoms with Crippen molar-refractivity contribution in [3.8, 4) is 0 Å². The van der Waals surface area contributed by atoms with Gasteiger partial charge in [-0.25, -0.2) is 0 Å². The van der Waals surface area contributed by atoms with Gasteiger partial charge in [-0.1, -0.05) is 25.1 Å². The molecule has 1 saturated heterocycles. The van der Waals surface area contributed by atoms with Gasteiger partial charge in [0, 0.05) is 10.6 Å². The molecule has 2 aliphatic rings. The number of amides is 1. The minimum absolute atomic E-state index is 0. The van der Waals surface area contributed by atoms with Crippen LogP contribution < -0.4 is 10.6 Å². The highest BCUT2D eigenvalue weighted by Gasteiger charge is 2.40. The SMILES string of the molecule is CCC1(C(=O)NC2CCSc3ccccc32)CCCN1.Cl. The molecule has 1 amide bonds. The summed E-state index contributed by atoms with van der Waals surface area (Å²) in [5.41, 5.74) is 0.945. The molecule has 1 fully saturated rings. The molecule has 1 aromatic rings. The highest BCUT2D eigenvalue weighted by Crippen LogP contribution is 2.36. The molecule has 0 aliphatic carbocycles. The summed E-state index contributed by atoms with van der Waals surface area (Å²) in [6.07, 6.45) is 3.94. The number of thioether (sulfide) groups is 1. The molecule has 21 heavy (non-hydrogen) atoms. The fourth-order valence-electron chi connectivity index (χ4n) is 3.25. The number of fused-ring (bicyclic) bond motifs is 1. The molecule has 0 aromatic heterocycles. The second-order valence-corrected chi connectivity index (χ2v) is 6.80. The maximum atomic E-state index is 12.7. The Kier molecular flexibility index (Phi) is 5.58. The van der Waals surface area contributed by atoms with Gasteiger partial charge in [-0.15, -0.1) is 24.2 Å². The van der Waals surface area contributed by atoms with Crippen molar-refractivity contribution < 1.29 is 4.79 Å². The molecule has 3 rings (SSSR count). The summed E-state index contributed by atoms with van der Waals surface area (Å²) in [6, 6.07) is 8.61. The lowest BCUT2D eigenvalue weighted by Crippen LogP contribution is -2.54. The summed E-state index contributed by atoms with van der Waals surface area (Å²) in [6.45, 7) is 3.06. The van der Waals surface area contributed by atoms with E-state index < -0.39 is 0 Å². The Hall–Kier alpha value is -0.710. The van der Waals surface area contributed by atoms with Crippen LogP contribution in [0.3, 0.4) is 0 Å². The summed E-state index contributed by atoms with van der Waals surface area (Å²) >= 11 is 1.89. The van der Waals surface area contributed by atoms with E-state index in [1.54, 1.807) is 0 Å². The van der Waals surface area contributed by atoms with Gasteiger partial charge >= 0.3 is 0 Å². The Morgan fingerprint density at radius 1 is 1.48 bits per heavy atom. The van der Waals surface area contributed by atoms with E-state index in [0.29, 0.717) is 0 Å². The van der Waals surface area contributed by atoms with Crippen molar-refractivity contribution in [2.45, 2.75) is 49.1 Å². The molecule has 2 N–H and O–H groups in total. The average Bonchev–Trinajstić information content (AvgIpc) is 2.98. The van der Waals surface area contributed by atoms with E-state index in [-0.39, 0.29) is 29.9 Å². The number of hydrogen-bond acceptors (Lipinski definition) is 3. The molecule has 116 valence electrons.